The molecule has 7 heteroatoms. The van der Waals surface area contributed by atoms with Gasteiger partial charge in [-0.15, -0.1) is 0 Å². The highest BCUT2D eigenvalue weighted by atomic mass is 16.5. The van der Waals surface area contributed by atoms with E-state index in [1.54, 1.807) is 0 Å². The van der Waals surface area contributed by atoms with E-state index >= 15 is 0 Å². The monoisotopic (exact) mass is 418 g/mol. The molecule has 3 heterocycles. The van der Waals surface area contributed by atoms with E-state index in [0.717, 1.165) is 56.0 Å². The molecule has 1 aromatic heterocycles. The Kier molecular flexibility index (Phi) is 5.75. The highest BCUT2D eigenvalue weighted by Gasteiger charge is 2.34. The standard InChI is InChI=1S/C24H30N6O/c1-29-13-4-7-18(29)16-31-24-27-21-15-30(14-20(21)23(28-24)26-12-5-11-25)22-10-9-17-6-2-3-8-19(17)22/h2-3,6,8,18,22H,4-5,7,9-10,12-16H2,1H3,(H,26,27,28). The third-order valence-electron chi connectivity index (χ3n) is 6.93. The van der Waals surface area contributed by atoms with E-state index in [2.05, 4.69) is 52.5 Å². The molecule has 1 aromatic carbocycles. The van der Waals surface area contributed by atoms with Crippen molar-refractivity contribution in [1.82, 2.24) is 19.8 Å². The van der Waals surface area contributed by atoms with Crippen molar-refractivity contribution in [3.63, 3.8) is 0 Å². The average Bonchev–Trinajstić information content (AvgIpc) is 3.50. The first kappa shape index (κ1) is 20.2. The number of hydrogen-bond acceptors (Lipinski definition) is 7. The van der Waals surface area contributed by atoms with Crippen LogP contribution >= 0.6 is 0 Å². The van der Waals surface area contributed by atoms with Crippen LogP contribution < -0.4 is 10.1 Å². The summed E-state index contributed by atoms with van der Waals surface area (Å²) in [7, 11) is 2.15. The minimum absolute atomic E-state index is 0.425. The van der Waals surface area contributed by atoms with Gasteiger partial charge in [-0.05, 0) is 50.4 Å². The zero-order valence-electron chi connectivity index (χ0n) is 18.2. The van der Waals surface area contributed by atoms with Crippen LogP contribution in [0.2, 0.25) is 0 Å². The fourth-order valence-corrected chi connectivity index (χ4v) is 5.20. The third kappa shape index (κ3) is 4.10. The van der Waals surface area contributed by atoms with Gasteiger partial charge in [-0.2, -0.15) is 15.2 Å². The molecule has 3 aliphatic rings. The van der Waals surface area contributed by atoms with Crippen molar-refractivity contribution >= 4 is 5.82 Å². The molecule has 162 valence electrons. The second kappa shape index (κ2) is 8.81. The lowest BCUT2D eigenvalue weighted by molar-refractivity contribution is 0.186. The van der Waals surface area contributed by atoms with Crippen LogP contribution in [0.15, 0.2) is 24.3 Å². The van der Waals surface area contributed by atoms with Crippen molar-refractivity contribution in [2.45, 2.75) is 57.3 Å². The fraction of sp³-hybridized carbons (Fsp3) is 0.542. The average molecular weight is 419 g/mol. The number of fused-ring (bicyclic) bond motifs is 2. The van der Waals surface area contributed by atoms with Crippen molar-refractivity contribution in [3.05, 3.63) is 46.6 Å². The largest absolute Gasteiger partial charge is 0.462 e. The van der Waals surface area contributed by atoms with Crippen LogP contribution in [-0.4, -0.2) is 52.6 Å². The SMILES string of the molecule is CN1CCCC1COc1nc2c(c(NCCC#N)n1)CN(C1CCc3ccccc31)C2. The molecule has 1 aliphatic carbocycles. The number of likely N-dealkylation sites (tertiary alicyclic amines) is 1. The van der Waals surface area contributed by atoms with Crippen molar-refractivity contribution in [3.8, 4) is 12.1 Å². The molecular formula is C24H30N6O. The molecule has 1 fully saturated rings. The molecule has 0 bridgehead atoms. The Morgan fingerprint density at radius 3 is 2.97 bits per heavy atom. The number of rotatable bonds is 7. The lowest BCUT2D eigenvalue weighted by Gasteiger charge is -2.24. The van der Waals surface area contributed by atoms with E-state index in [9.17, 15) is 0 Å². The normalized spacial score (nSPS) is 22.8. The van der Waals surface area contributed by atoms with Crippen molar-refractivity contribution in [2.24, 2.45) is 0 Å². The van der Waals surface area contributed by atoms with Gasteiger partial charge in [0.05, 0.1) is 18.2 Å². The second-order valence-electron chi connectivity index (χ2n) is 8.86. The van der Waals surface area contributed by atoms with Crippen LogP contribution in [0.3, 0.4) is 0 Å². The molecule has 2 aromatic rings. The number of hydrogen-bond donors (Lipinski definition) is 1. The number of nitriles is 1. The first-order valence-electron chi connectivity index (χ1n) is 11.4. The van der Waals surface area contributed by atoms with Gasteiger partial charge >= 0.3 is 6.01 Å². The van der Waals surface area contributed by atoms with Crippen LogP contribution in [-0.2, 0) is 19.5 Å². The maximum Gasteiger partial charge on any atom is 0.318 e. The first-order valence-corrected chi connectivity index (χ1v) is 11.4. The topological polar surface area (TPSA) is 77.3 Å². The van der Waals surface area contributed by atoms with Crippen LogP contribution in [0.25, 0.3) is 0 Å². The highest BCUT2D eigenvalue weighted by Crippen LogP contribution is 2.41. The van der Waals surface area contributed by atoms with Crippen LogP contribution in [0.5, 0.6) is 6.01 Å². The van der Waals surface area contributed by atoms with E-state index in [1.165, 1.54) is 17.5 Å². The Bertz CT molecular complexity index is 987. The summed E-state index contributed by atoms with van der Waals surface area (Å²) in [5, 5.41) is 12.3. The van der Waals surface area contributed by atoms with E-state index in [-0.39, 0.29) is 0 Å². The summed E-state index contributed by atoms with van der Waals surface area (Å²) in [6.45, 7) is 3.96. The van der Waals surface area contributed by atoms with Gasteiger partial charge in [0.25, 0.3) is 0 Å². The minimum atomic E-state index is 0.425. The maximum atomic E-state index is 8.94. The van der Waals surface area contributed by atoms with Gasteiger partial charge in [-0.3, -0.25) is 4.90 Å². The Morgan fingerprint density at radius 2 is 2.13 bits per heavy atom. The molecule has 1 saturated heterocycles. The summed E-state index contributed by atoms with van der Waals surface area (Å²) in [6, 6.07) is 12.3. The summed E-state index contributed by atoms with van der Waals surface area (Å²) < 4.78 is 6.06. The van der Waals surface area contributed by atoms with Gasteiger partial charge < -0.3 is 15.0 Å². The molecule has 1 N–H and O–H groups in total. The quantitative estimate of drug-likeness (QED) is 0.692. The highest BCUT2D eigenvalue weighted by molar-refractivity contribution is 5.50. The van der Waals surface area contributed by atoms with Gasteiger partial charge in [0, 0.05) is 37.3 Å². The van der Waals surface area contributed by atoms with E-state index in [4.69, 9.17) is 20.0 Å². The molecule has 0 amide bonds. The number of anilines is 1. The predicted molar refractivity (Wildman–Crippen MR) is 119 cm³/mol. The van der Waals surface area contributed by atoms with Crippen LogP contribution in [0.1, 0.15) is 54.1 Å². The molecule has 0 radical (unpaired) electrons. The maximum absolute atomic E-state index is 8.94. The molecule has 5 rings (SSSR count). The van der Waals surface area contributed by atoms with Gasteiger partial charge in [-0.25, -0.2) is 0 Å². The van der Waals surface area contributed by atoms with Crippen molar-refractivity contribution < 1.29 is 4.74 Å². The summed E-state index contributed by atoms with van der Waals surface area (Å²) in [5.74, 6) is 0.823. The Morgan fingerprint density at radius 1 is 1.23 bits per heavy atom. The number of aromatic nitrogens is 2. The number of aryl methyl sites for hydroxylation is 1. The number of likely N-dealkylation sites (N-methyl/N-ethyl adjacent to an activating group) is 1. The van der Waals surface area contributed by atoms with E-state index in [0.29, 0.717) is 37.7 Å². The Labute approximate surface area is 184 Å². The molecule has 2 unspecified atom stereocenters. The molecule has 0 saturated carbocycles. The van der Waals surface area contributed by atoms with Crippen molar-refractivity contribution in [1.29, 1.82) is 5.26 Å². The fourth-order valence-electron chi connectivity index (χ4n) is 5.20. The molecule has 31 heavy (non-hydrogen) atoms. The first-order chi connectivity index (χ1) is 15.2. The lowest BCUT2D eigenvalue weighted by Crippen LogP contribution is -2.31. The molecule has 0 spiro atoms. The molecule has 2 aliphatic heterocycles. The number of nitrogens with one attached hydrogen (secondary N) is 1. The summed E-state index contributed by atoms with van der Waals surface area (Å²) in [6.07, 6.45) is 5.10. The molecular weight excluding hydrogens is 388 g/mol. The third-order valence-corrected chi connectivity index (χ3v) is 6.93. The Hall–Kier alpha value is -2.69. The van der Waals surface area contributed by atoms with E-state index < -0.39 is 0 Å². The molecule has 2 atom stereocenters. The van der Waals surface area contributed by atoms with E-state index in [1.807, 2.05) is 0 Å². The van der Waals surface area contributed by atoms with Gasteiger partial charge in [-0.1, -0.05) is 24.3 Å². The summed E-state index contributed by atoms with van der Waals surface area (Å²) >= 11 is 0. The van der Waals surface area contributed by atoms with Crippen LogP contribution in [0.4, 0.5) is 5.82 Å². The van der Waals surface area contributed by atoms with Crippen LogP contribution in [0, 0.1) is 11.3 Å². The Balaban J connectivity index is 1.35. The molecule has 7 nitrogen and oxygen atoms in total. The predicted octanol–water partition coefficient (Wildman–Crippen LogP) is 3.28. The summed E-state index contributed by atoms with van der Waals surface area (Å²) in [5.41, 5.74) is 5.11. The lowest BCUT2D eigenvalue weighted by atomic mass is 10.1. The minimum Gasteiger partial charge on any atom is -0.462 e. The zero-order valence-corrected chi connectivity index (χ0v) is 18.2. The zero-order chi connectivity index (χ0) is 21.2. The second-order valence-corrected chi connectivity index (χ2v) is 8.86. The van der Waals surface area contributed by atoms with Gasteiger partial charge in [0.2, 0.25) is 0 Å². The van der Waals surface area contributed by atoms with Gasteiger partial charge in [0.1, 0.15) is 12.4 Å². The number of benzene rings is 1. The van der Waals surface area contributed by atoms with Crippen molar-refractivity contribution in [2.75, 3.05) is 32.1 Å². The summed E-state index contributed by atoms with van der Waals surface area (Å²) in [4.78, 5) is 14.4. The smallest absolute Gasteiger partial charge is 0.318 e. The number of ether oxygens (including phenoxy) is 1. The van der Waals surface area contributed by atoms with Gasteiger partial charge in [0.15, 0.2) is 0 Å². The number of nitrogens with zero attached hydrogens (tertiary/aromatic N) is 5.